The molecule has 1 aliphatic carbocycles. The molecule has 1 saturated carbocycles. The fraction of sp³-hybridized carbons (Fsp3) is 0.455. The lowest BCUT2D eigenvalue weighted by Gasteiger charge is -2.21. The van der Waals surface area contributed by atoms with Gasteiger partial charge in [-0.05, 0) is 31.0 Å². The van der Waals surface area contributed by atoms with Gasteiger partial charge in [-0.3, -0.25) is 0 Å². The molecule has 0 saturated heterocycles. The van der Waals surface area contributed by atoms with E-state index in [0.717, 1.165) is 15.7 Å². The van der Waals surface area contributed by atoms with E-state index >= 15 is 0 Å². The van der Waals surface area contributed by atoms with Crippen LogP contribution < -0.4 is 4.90 Å². The number of aliphatic hydroxyl groups is 1. The molecule has 0 aliphatic heterocycles. The second-order valence-corrected chi connectivity index (χ2v) is 4.69. The highest BCUT2D eigenvalue weighted by Crippen LogP contribution is 2.33. The third-order valence-corrected chi connectivity index (χ3v) is 3.18. The van der Waals surface area contributed by atoms with Crippen LogP contribution in [0.1, 0.15) is 18.4 Å². The maximum absolute atomic E-state index is 9.25. The molecule has 0 radical (unpaired) electrons. The number of rotatable bonds is 3. The first-order chi connectivity index (χ1) is 6.72. The van der Waals surface area contributed by atoms with Gasteiger partial charge >= 0.3 is 0 Å². The molecule has 1 aliphatic rings. The Labute approximate surface area is 92.7 Å². The third-order valence-electron chi connectivity index (χ3n) is 2.69. The maximum Gasteiger partial charge on any atom is 0.0702 e. The number of hydrogen-bond donors (Lipinski definition) is 1. The summed E-state index contributed by atoms with van der Waals surface area (Å²) in [6.07, 6.45) is 2.55. The summed E-state index contributed by atoms with van der Waals surface area (Å²) < 4.78 is 1.02. The fourth-order valence-electron chi connectivity index (χ4n) is 1.68. The van der Waals surface area contributed by atoms with Crippen molar-refractivity contribution in [3.05, 3.63) is 28.2 Å². The van der Waals surface area contributed by atoms with Gasteiger partial charge in [-0.1, -0.05) is 15.9 Å². The summed E-state index contributed by atoms with van der Waals surface area (Å²) in [7, 11) is 2.10. The molecule has 0 heterocycles. The third kappa shape index (κ3) is 1.93. The highest BCUT2D eigenvalue weighted by atomic mass is 79.9. The standard InChI is InChI=1S/C11H14BrNO/c1-13(10-3-4-10)11-5-2-9(12)6-8(11)7-14/h2,5-6,10,14H,3-4,7H2,1H3. The molecule has 0 unspecified atom stereocenters. The number of anilines is 1. The number of halogens is 1. The molecule has 1 aromatic rings. The van der Waals surface area contributed by atoms with Crippen LogP contribution in [-0.2, 0) is 6.61 Å². The minimum Gasteiger partial charge on any atom is -0.392 e. The molecule has 0 atom stereocenters. The SMILES string of the molecule is CN(c1ccc(Br)cc1CO)C1CC1. The molecular weight excluding hydrogens is 242 g/mol. The predicted molar refractivity (Wildman–Crippen MR) is 61.5 cm³/mol. The summed E-state index contributed by atoms with van der Waals surface area (Å²) in [5.74, 6) is 0. The van der Waals surface area contributed by atoms with E-state index in [0.29, 0.717) is 6.04 Å². The van der Waals surface area contributed by atoms with Gasteiger partial charge in [0.1, 0.15) is 0 Å². The normalized spacial score (nSPS) is 15.6. The second kappa shape index (κ2) is 3.91. The Hall–Kier alpha value is -0.540. The summed E-state index contributed by atoms with van der Waals surface area (Å²) in [5, 5.41) is 9.25. The van der Waals surface area contributed by atoms with Gasteiger partial charge < -0.3 is 10.0 Å². The highest BCUT2D eigenvalue weighted by Gasteiger charge is 2.27. The Morgan fingerprint density at radius 2 is 2.21 bits per heavy atom. The first kappa shape index (κ1) is 9.99. The number of benzene rings is 1. The van der Waals surface area contributed by atoms with Crippen LogP contribution in [0.4, 0.5) is 5.69 Å². The van der Waals surface area contributed by atoms with Crippen LogP contribution >= 0.6 is 15.9 Å². The van der Waals surface area contributed by atoms with Gasteiger partial charge in [0.15, 0.2) is 0 Å². The zero-order valence-electron chi connectivity index (χ0n) is 8.20. The Balaban J connectivity index is 2.30. The van der Waals surface area contributed by atoms with E-state index in [9.17, 15) is 5.11 Å². The van der Waals surface area contributed by atoms with E-state index in [2.05, 4.69) is 33.9 Å². The summed E-state index contributed by atoms with van der Waals surface area (Å²) in [6.45, 7) is 0.103. The molecule has 76 valence electrons. The molecule has 0 spiro atoms. The van der Waals surface area contributed by atoms with Gasteiger partial charge in [0, 0.05) is 28.8 Å². The largest absolute Gasteiger partial charge is 0.392 e. The molecule has 0 bridgehead atoms. The van der Waals surface area contributed by atoms with Gasteiger partial charge in [0.25, 0.3) is 0 Å². The van der Waals surface area contributed by atoms with Crippen molar-refractivity contribution in [1.82, 2.24) is 0 Å². The Morgan fingerprint density at radius 1 is 1.50 bits per heavy atom. The minimum absolute atomic E-state index is 0.103. The van der Waals surface area contributed by atoms with Crippen LogP contribution in [0.25, 0.3) is 0 Å². The molecule has 1 N–H and O–H groups in total. The molecule has 1 fully saturated rings. The van der Waals surface area contributed by atoms with E-state index in [-0.39, 0.29) is 6.61 Å². The topological polar surface area (TPSA) is 23.5 Å². The molecule has 0 amide bonds. The van der Waals surface area contributed by atoms with Gasteiger partial charge in [0.05, 0.1) is 6.61 Å². The van der Waals surface area contributed by atoms with Gasteiger partial charge in [-0.25, -0.2) is 0 Å². The van der Waals surface area contributed by atoms with Crippen molar-refractivity contribution < 1.29 is 5.11 Å². The number of hydrogen-bond acceptors (Lipinski definition) is 2. The lowest BCUT2D eigenvalue weighted by molar-refractivity contribution is 0.282. The molecule has 1 aromatic carbocycles. The lowest BCUT2D eigenvalue weighted by atomic mass is 10.1. The van der Waals surface area contributed by atoms with Crippen molar-refractivity contribution in [2.45, 2.75) is 25.5 Å². The number of aliphatic hydroxyl groups excluding tert-OH is 1. The van der Waals surface area contributed by atoms with Crippen LogP contribution in [0.3, 0.4) is 0 Å². The Kier molecular flexibility index (Phi) is 2.79. The molecule has 2 nitrogen and oxygen atoms in total. The number of nitrogens with zero attached hydrogens (tertiary/aromatic N) is 1. The fourth-order valence-corrected chi connectivity index (χ4v) is 2.09. The minimum atomic E-state index is 0.103. The van der Waals surface area contributed by atoms with E-state index in [1.54, 1.807) is 0 Å². The first-order valence-corrected chi connectivity index (χ1v) is 5.64. The van der Waals surface area contributed by atoms with Crippen LogP contribution in [0.15, 0.2) is 22.7 Å². The lowest BCUT2D eigenvalue weighted by Crippen LogP contribution is -2.20. The summed E-state index contributed by atoms with van der Waals surface area (Å²) in [6, 6.07) is 6.75. The summed E-state index contributed by atoms with van der Waals surface area (Å²) in [4.78, 5) is 2.26. The van der Waals surface area contributed by atoms with Crippen molar-refractivity contribution in [3.63, 3.8) is 0 Å². The van der Waals surface area contributed by atoms with E-state index < -0.39 is 0 Å². The van der Waals surface area contributed by atoms with Crippen LogP contribution in [0, 0.1) is 0 Å². The molecular formula is C11H14BrNO. The zero-order valence-corrected chi connectivity index (χ0v) is 9.79. The predicted octanol–water partition coefficient (Wildman–Crippen LogP) is 2.54. The summed E-state index contributed by atoms with van der Waals surface area (Å²) in [5.41, 5.74) is 2.15. The monoisotopic (exact) mass is 255 g/mol. The van der Waals surface area contributed by atoms with E-state index in [1.807, 2.05) is 12.1 Å². The Bertz CT molecular complexity index is 336. The van der Waals surface area contributed by atoms with Crippen LogP contribution in [0.2, 0.25) is 0 Å². The van der Waals surface area contributed by atoms with Crippen molar-refractivity contribution in [3.8, 4) is 0 Å². The zero-order chi connectivity index (χ0) is 10.1. The van der Waals surface area contributed by atoms with E-state index in [1.165, 1.54) is 12.8 Å². The molecule has 14 heavy (non-hydrogen) atoms. The van der Waals surface area contributed by atoms with Gasteiger partial charge in [-0.15, -0.1) is 0 Å². The highest BCUT2D eigenvalue weighted by molar-refractivity contribution is 9.10. The van der Waals surface area contributed by atoms with Crippen LogP contribution in [0.5, 0.6) is 0 Å². The molecule has 0 aromatic heterocycles. The van der Waals surface area contributed by atoms with Crippen molar-refractivity contribution in [2.24, 2.45) is 0 Å². The molecule has 2 rings (SSSR count). The van der Waals surface area contributed by atoms with Crippen molar-refractivity contribution >= 4 is 21.6 Å². The second-order valence-electron chi connectivity index (χ2n) is 3.77. The van der Waals surface area contributed by atoms with Crippen molar-refractivity contribution in [2.75, 3.05) is 11.9 Å². The maximum atomic E-state index is 9.25. The average Bonchev–Trinajstić information content (AvgIpc) is 3.00. The van der Waals surface area contributed by atoms with E-state index in [4.69, 9.17) is 0 Å². The molecule has 3 heteroatoms. The smallest absolute Gasteiger partial charge is 0.0702 e. The van der Waals surface area contributed by atoms with Crippen molar-refractivity contribution in [1.29, 1.82) is 0 Å². The van der Waals surface area contributed by atoms with Gasteiger partial charge in [0.2, 0.25) is 0 Å². The summed E-state index contributed by atoms with van der Waals surface area (Å²) >= 11 is 3.41. The Morgan fingerprint density at radius 3 is 2.79 bits per heavy atom. The quantitative estimate of drug-likeness (QED) is 0.898. The van der Waals surface area contributed by atoms with Crippen LogP contribution in [-0.4, -0.2) is 18.2 Å². The first-order valence-electron chi connectivity index (χ1n) is 4.84. The average molecular weight is 256 g/mol. The van der Waals surface area contributed by atoms with Gasteiger partial charge in [-0.2, -0.15) is 0 Å².